The highest BCUT2D eigenvalue weighted by Crippen LogP contribution is 2.24. The lowest BCUT2D eigenvalue weighted by atomic mass is 9.97. The second kappa shape index (κ2) is 8.42. The highest BCUT2D eigenvalue weighted by molar-refractivity contribution is 7.80. The number of anilines is 2. The first-order valence-electron chi connectivity index (χ1n) is 7.52. The van der Waals surface area contributed by atoms with E-state index in [0.29, 0.717) is 18.8 Å². The Hall–Kier alpha value is -2.22. The van der Waals surface area contributed by atoms with Crippen LogP contribution in [0.1, 0.15) is 19.8 Å². The monoisotopic (exact) mass is 336 g/mol. The minimum absolute atomic E-state index is 0.00751. The van der Waals surface area contributed by atoms with Crippen molar-refractivity contribution in [1.29, 1.82) is 0 Å². The zero-order chi connectivity index (χ0) is 16.7. The average Bonchev–Trinajstić information content (AvgIpc) is 2.56. The molecule has 0 aliphatic carbocycles. The molecule has 0 bridgehead atoms. The van der Waals surface area contributed by atoms with Gasteiger partial charge in [-0.2, -0.15) is 0 Å². The van der Waals surface area contributed by atoms with E-state index in [9.17, 15) is 9.59 Å². The first-order valence-corrected chi connectivity index (χ1v) is 7.93. The molecule has 23 heavy (non-hydrogen) atoms. The molecule has 0 spiro atoms. The number of ether oxygens (including phenoxy) is 1. The molecular weight excluding hydrogens is 316 g/mol. The van der Waals surface area contributed by atoms with Gasteiger partial charge in [0.1, 0.15) is 5.82 Å². The lowest BCUT2D eigenvalue weighted by Crippen LogP contribution is -2.37. The number of hydrogen-bond acceptors (Lipinski definition) is 6. The minimum Gasteiger partial charge on any atom is -0.466 e. The topological polar surface area (TPSA) is 83.6 Å². The Morgan fingerprint density at radius 2 is 2.22 bits per heavy atom. The molecule has 1 saturated heterocycles. The van der Waals surface area contributed by atoms with E-state index in [1.807, 2.05) is 13.0 Å². The van der Waals surface area contributed by atoms with Crippen LogP contribution in [0.5, 0.6) is 0 Å². The summed E-state index contributed by atoms with van der Waals surface area (Å²) < 4.78 is 5.07. The van der Waals surface area contributed by atoms with Crippen molar-refractivity contribution in [2.24, 2.45) is 5.92 Å². The summed E-state index contributed by atoms with van der Waals surface area (Å²) in [7, 11) is 0. The van der Waals surface area contributed by atoms with E-state index in [-0.39, 0.29) is 17.0 Å². The zero-order valence-corrected chi connectivity index (χ0v) is 13.8. The molecule has 0 aromatic carbocycles. The van der Waals surface area contributed by atoms with Crippen molar-refractivity contribution >= 4 is 41.2 Å². The lowest BCUT2D eigenvalue weighted by Gasteiger charge is -2.32. The molecule has 1 aliphatic heterocycles. The number of pyridine rings is 1. The second-order valence-electron chi connectivity index (χ2n) is 5.13. The van der Waals surface area contributed by atoms with E-state index >= 15 is 0 Å². The third-order valence-electron chi connectivity index (χ3n) is 3.66. The standard InChI is InChI=1S/C15H20N4O3S/c1-2-22-14(21)11-5-7-19(8-6-11)12-3-4-13(16-9-12)18-15(23)17-10-20/h3-4,9-11H,2,5-8H2,1H3,(H2,16,17,18,20,23). The van der Waals surface area contributed by atoms with Crippen molar-refractivity contribution in [3.05, 3.63) is 18.3 Å². The van der Waals surface area contributed by atoms with E-state index in [2.05, 4.69) is 20.5 Å². The molecule has 1 aliphatic rings. The van der Waals surface area contributed by atoms with Crippen molar-refractivity contribution in [3.8, 4) is 0 Å². The molecule has 1 aromatic heterocycles. The first-order chi connectivity index (χ1) is 11.1. The maximum absolute atomic E-state index is 11.7. The SMILES string of the molecule is CCOC(=O)C1CCN(c2ccc(NC(=S)NC=O)nc2)CC1. The summed E-state index contributed by atoms with van der Waals surface area (Å²) in [5, 5.41) is 5.35. The van der Waals surface area contributed by atoms with Gasteiger partial charge in [-0.25, -0.2) is 4.98 Å². The summed E-state index contributed by atoms with van der Waals surface area (Å²) in [5.41, 5.74) is 0.993. The smallest absolute Gasteiger partial charge is 0.309 e. The Balaban J connectivity index is 1.87. The molecule has 2 heterocycles. The number of carbonyl (C=O) groups is 2. The average molecular weight is 336 g/mol. The van der Waals surface area contributed by atoms with Gasteiger partial charge < -0.3 is 20.3 Å². The normalized spacial score (nSPS) is 14.9. The van der Waals surface area contributed by atoms with Gasteiger partial charge in [0.25, 0.3) is 0 Å². The Morgan fingerprint density at radius 3 is 2.78 bits per heavy atom. The van der Waals surface area contributed by atoms with Crippen LogP contribution in [0, 0.1) is 5.92 Å². The van der Waals surface area contributed by atoms with E-state index in [0.717, 1.165) is 31.6 Å². The summed E-state index contributed by atoms with van der Waals surface area (Å²) in [4.78, 5) is 28.5. The van der Waals surface area contributed by atoms with Crippen molar-refractivity contribution in [2.75, 3.05) is 29.9 Å². The van der Waals surface area contributed by atoms with E-state index < -0.39 is 0 Å². The van der Waals surface area contributed by atoms with Gasteiger partial charge in [0, 0.05) is 13.1 Å². The Bertz CT molecular complexity index is 556. The summed E-state index contributed by atoms with van der Waals surface area (Å²) in [5.74, 6) is 0.461. The predicted octanol–water partition coefficient (Wildman–Crippen LogP) is 1.30. The second-order valence-corrected chi connectivity index (χ2v) is 5.54. The summed E-state index contributed by atoms with van der Waals surface area (Å²) in [6, 6.07) is 3.73. The number of nitrogens with one attached hydrogen (secondary N) is 2. The number of carbonyl (C=O) groups excluding carboxylic acids is 2. The van der Waals surface area contributed by atoms with Crippen LogP contribution in [0.2, 0.25) is 0 Å². The van der Waals surface area contributed by atoms with Crippen LogP contribution in [0.15, 0.2) is 18.3 Å². The van der Waals surface area contributed by atoms with Crippen molar-refractivity contribution < 1.29 is 14.3 Å². The molecule has 2 rings (SSSR count). The summed E-state index contributed by atoms with van der Waals surface area (Å²) in [6.07, 6.45) is 3.83. The molecule has 124 valence electrons. The molecule has 0 unspecified atom stereocenters. The Morgan fingerprint density at radius 1 is 1.48 bits per heavy atom. The van der Waals surface area contributed by atoms with Crippen LogP contribution in [0.4, 0.5) is 11.5 Å². The third kappa shape index (κ3) is 4.88. The van der Waals surface area contributed by atoms with Gasteiger partial charge in [0.05, 0.1) is 24.4 Å². The van der Waals surface area contributed by atoms with E-state index in [1.54, 1.807) is 12.3 Å². The highest BCUT2D eigenvalue weighted by Gasteiger charge is 2.26. The summed E-state index contributed by atoms with van der Waals surface area (Å²) in [6.45, 7) is 3.84. The molecule has 8 heteroatoms. The zero-order valence-electron chi connectivity index (χ0n) is 12.9. The van der Waals surface area contributed by atoms with Gasteiger partial charge in [-0.05, 0) is 44.1 Å². The number of nitrogens with zero attached hydrogens (tertiary/aromatic N) is 2. The van der Waals surface area contributed by atoms with Gasteiger partial charge in [-0.15, -0.1) is 0 Å². The molecule has 2 N–H and O–H groups in total. The van der Waals surface area contributed by atoms with Gasteiger partial charge in [-0.1, -0.05) is 0 Å². The van der Waals surface area contributed by atoms with Crippen molar-refractivity contribution in [1.82, 2.24) is 10.3 Å². The fraction of sp³-hybridized carbons (Fsp3) is 0.467. The fourth-order valence-electron chi connectivity index (χ4n) is 2.49. The van der Waals surface area contributed by atoms with Crippen LogP contribution in [-0.2, 0) is 14.3 Å². The molecule has 7 nitrogen and oxygen atoms in total. The maximum atomic E-state index is 11.7. The van der Waals surface area contributed by atoms with Crippen LogP contribution in [0.25, 0.3) is 0 Å². The Kier molecular flexibility index (Phi) is 6.28. The molecule has 1 fully saturated rings. The van der Waals surface area contributed by atoms with Crippen molar-refractivity contribution in [2.45, 2.75) is 19.8 Å². The van der Waals surface area contributed by atoms with Crippen molar-refractivity contribution in [3.63, 3.8) is 0 Å². The molecule has 0 atom stereocenters. The number of amides is 1. The number of hydrogen-bond donors (Lipinski definition) is 2. The van der Waals surface area contributed by atoms with Crippen LogP contribution < -0.4 is 15.5 Å². The molecule has 1 aromatic rings. The Labute approximate surface area is 140 Å². The van der Waals surface area contributed by atoms with Gasteiger partial charge >= 0.3 is 5.97 Å². The van der Waals surface area contributed by atoms with E-state index in [4.69, 9.17) is 17.0 Å². The van der Waals surface area contributed by atoms with Gasteiger partial charge in [0.2, 0.25) is 6.41 Å². The number of piperidine rings is 1. The molecular formula is C15H20N4O3S. The minimum atomic E-state index is -0.0963. The quantitative estimate of drug-likeness (QED) is 0.476. The predicted molar refractivity (Wildman–Crippen MR) is 91.2 cm³/mol. The largest absolute Gasteiger partial charge is 0.466 e. The number of thiocarbonyl (C=S) groups is 1. The third-order valence-corrected chi connectivity index (χ3v) is 3.88. The fourth-order valence-corrected chi connectivity index (χ4v) is 2.64. The molecule has 1 amide bonds. The van der Waals surface area contributed by atoms with Gasteiger partial charge in [-0.3, -0.25) is 9.59 Å². The number of rotatable bonds is 5. The van der Waals surface area contributed by atoms with Gasteiger partial charge in [0.15, 0.2) is 5.11 Å². The van der Waals surface area contributed by atoms with Crippen LogP contribution >= 0.6 is 12.2 Å². The summed E-state index contributed by atoms with van der Waals surface area (Å²) >= 11 is 4.90. The molecule has 0 saturated carbocycles. The van der Waals surface area contributed by atoms with E-state index in [1.165, 1.54) is 0 Å². The maximum Gasteiger partial charge on any atom is 0.309 e. The first kappa shape index (κ1) is 17.1. The number of esters is 1. The van der Waals surface area contributed by atoms with Crippen LogP contribution in [-0.4, -0.2) is 42.2 Å². The number of aromatic nitrogens is 1. The lowest BCUT2D eigenvalue weighted by molar-refractivity contribution is -0.148. The molecule has 0 radical (unpaired) electrons. The highest BCUT2D eigenvalue weighted by atomic mass is 32.1. The van der Waals surface area contributed by atoms with Crippen LogP contribution in [0.3, 0.4) is 0 Å².